The lowest BCUT2D eigenvalue weighted by molar-refractivity contribution is -0.117. The van der Waals surface area contributed by atoms with Gasteiger partial charge in [-0.15, -0.1) is 0 Å². The van der Waals surface area contributed by atoms with E-state index < -0.39 is 5.91 Å². The minimum Gasteiger partial charge on any atom is -0.267 e. The van der Waals surface area contributed by atoms with E-state index in [9.17, 15) is 9.59 Å². The van der Waals surface area contributed by atoms with E-state index in [1.54, 1.807) is 6.08 Å². The Hall–Kier alpha value is -2.40. The summed E-state index contributed by atoms with van der Waals surface area (Å²) in [6.07, 6.45) is 2.53. The Balaban J connectivity index is 1.90. The second kappa shape index (κ2) is 6.38. The molecule has 23 heavy (non-hydrogen) atoms. The summed E-state index contributed by atoms with van der Waals surface area (Å²) in [5.41, 5.74) is 5.36. The van der Waals surface area contributed by atoms with Gasteiger partial charge in [0.1, 0.15) is 5.57 Å². The highest BCUT2D eigenvalue weighted by Gasteiger charge is 2.34. The van der Waals surface area contributed by atoms with Crippen LogP contribution < -0.4 is 10.4 Å². The highest BCUT2D eigenvalue weighted by molar-refractivity contribution is 9.10. The number of amides is 2. The van der Waals surface area contributed by atoms with E-state index in [-0.39, 0.29) is 11.5 Å². The fourth-order valence-corrected chi connectivity index (χ4v) is 2.80. The van der Waals surface area contributed by atoms with E-state index in [0.717, 1.165) is 16.5 Å². The number of carbonyl (C=O) groups excluding carboxylic acids is 2. The molecular weight excluding hydrogens is 356 g/mol. The van der Waals surface area contributed by atoms with Gasteiger partial charge in [-0.05, 0) is 47.9 Å². The van der Waals surface area contributed by atoms with E-state index in [2.05, 4.69) is 28.3 Å². The van der Waals surface area contributed by atoms with Crippen LogP contribution in [0.2, 0.25) is 0 Å². The van der Waals surface area contributed by atoms with Crippen molar-refractivity contribution in [1.29, 1.82) is 0 Å². The molecule has 116 valence electrons. The Morgan fingerprint density at radius 1 is 1.13 bits per heavy atom. The first kappa shape index (κ1) is 15.5. The predicted octanol–water partition coefficient (Wildman–Crippen LogP) is 3.47. The maximum absolute atomic E-state index is 12.5. The maximum Gasteiger partial charge on any atom is 0.282 e. The molecule has 1 saturated heterocycles. The molecule has 0 radical (unpaired) electrons. The van der Waals surface area contributed by atoms with Crippen LogP contribution in [-0.2, 0) is 16.0 Å². The number of nitrogens with zero attached hydrogens (tertiary/aromatic N) is 1. The molecule has 4 nitrogen and oxygen atoms in total. The molecule has 0 atom stereocenters. The molecule has 1 N–H and O–H groups in total. The van der Waals surface area contributed by atoms with Crippen LogP contribution in [0.25, 0.3) is 6.08 Å². The Morgan fingerprint density at radius 2 is 1.87 bits per heavy atom. The maximum atomic E-state index is 12.5. The number of benzene rings is 2. The van der Waals surface area contributed by atoms with Crippen molar-refractivity contribution >= 4 is 39.5 Å². The summed E-state index contributed by atoms with van der Waals surface area (Å²) in [6, 6.07) is 15.0. The number of hydrogen-bond acceptors (Lipinski definition) is 2. The van der Waals surface area contributed by atoms with Gasteiger partial charge in [-0.1, -0.05) is 47.1 Å². The molecule has 0 spiro atoms. The van der Waals surface area contributed by atoms with Crippen molar-refractivity contribution in [2.45, 2.75) is 13.3 Å². The summed E-state index contributed by atoms with van der Waals surface area (Å²) in [4.78, 5) is 24.6. The van der Waals surface area contributed by atoms with Crippen LogP contribution in [0, 0.1) is 0 Å². The van der Waals surface area contributed by atoms with Crippen molar-refractivity contribution in [3.05, 3.63) is 69.7 Å². The second-order valence-electron chi connectivity index (χ2n) is 5.21. The van der Waals surface area contributed by atoms with Crippen LogP contribution in [0.15, 0.2) is 58.6 Å². The van der Waals surface area contributed by atoms with E-state index in [1.165, 1.54) is 10.6 Å². The third-order valence-corrected chi connectivity index (χ3v) is 4.15. The van der Waals surface area contributed by atoms with Crippen molar-refractivity contribution < 1.29 is 9.59 Å². The summed E-state index contributed by atoms with van der Waals surface area (Å²) in [5.74, 6) is -0.742. The zero-order valence-corrected chi connectivity index (χ0v) is 14.1. The van der Waals surface area contributed by atoms with E-state index in [0.29, 0.717) is 5.69 Å². The average molecular weight is 371 g/mol. The number of anilines is 1. The van der Waals surface area contributed by atoms with E-state index >= 15 is 0 Å². The van der Waals surface area contributed by atoms with Crippen LogP contribution >= 0.6 is 15.9 Å². The lowest BCUT2D eigenvalue weighted by Gasteiger charge is -2.14. The molecule has 2 aromatic rings. The monoisotopic (exact) mass is 370 g/mol. The van der Waals surface area contributed by atoms with Crippen molar-refractivity contribution in [3.63, 3.8) is 0 Å². The highest BCUT2D eigenvalue weighted by atomic mass is 79.9. The minimum atomic E-state index is -0.394. The van der Waals surface area contributed by atoms with Gasteiger partial charge in [-0.25, -0.2) is 5.01 Å². The standard InChI is InChI=1S/C18H15BrN2O2/c1-2-12-6-8-15(9-7-12)21-18(23)16(17(22)20-21)11-13-4-3-5-14(19)10-13/h3-11H,2H2,1H3,(H,20,22)/b16-11-. The number of carbonyl (C=O) groups is 2. The van der Waals surface area contributed by atoms with Gasteiger partial charge >= 0.3 is 0 Å². The van der Waals surface area contributed by atoms with Gasteiger partial charge in [0.25, 0.3) is 11.8 Å². The summed E-state index contributed by atoms with van der Waals surface area (Å²) < 4.78 is 0.893. The SMILES string of the molecule is CCc1ccc(N2NC(=O)/C(=C/c3cccc(Br)c3)C2=O)cc1. The lowest BCUT2D eigenvalue weighted by Crippen LogP contribution is -2.35. The molecule has 1 aliphatic rings. The average Bonchev–Trinajstić information content (AvgIpc) is 2.83. The largest absolute Gasteiger partial charge is 0.282 e. The van der Waals surface area contributed by atoms with Gasteiger partial charge in [0.15, 0.2) is 0 Å². The van der Waals surface area contributed by atoms with Gasteiger partial charge in [0.2, 0.25) is 0 Å². The normalized spacial score (nSPS) is 16.1. The number of hydrazine groups is 1. The number of nitrogens with one attached hydrogen (secondary N) is 1. The fraction of sp³-hybridized carbons (Fsp3) is 0.111. The number of aryl methyl sites for hydroxylation is 1. The molecule has 0 saturated carbocycles. The molecular formula is C18H15BrN2O2. The Labute approximate surface area is 142 Å². The molecule has 0 aliphatic carbocycles. The van der Waals surface area contributed by atoms with Gasteiger partial charge in [0, 0.05) is 4.47 Å². The van der Waals surface area contributed by atoms with Crippen molar-refractivity contribution in [2.24, 2.45) is 0 Å². The molecule has 1 aliphatic heterocycles. The third-order valence-electron chi connectivity index (χ3n) is 3.65. The number of rotatable bonds is 3. The van der Waals surface area contributed by atoms with Gasteiger partial charge in [0.05, 0.1) is 5.69 Å². The van der Waals surface area contributed by atoms with Crippen LogP contribution in [0.3, 0.4) is 0 Å². The molecule has 2 aromatic carbocycles. The molecule has 2 amide bonds. The highest BCUT2D eigenvalue weighted by Crippen LogP contribution is 2.23. The Kier molecular flexibility index (Phi) is 4.30. The van der Waals surface area contributed by atoms with Crippen molar-refractivity contribution in [2.75, 3.05) is 5.01 Å². The van der Waals surface area contributed by atoms with Crippen molar-refractivity contribution in [1.82, 2.24) is 5.43 Å². The molecule has 1 fully saturated rings. The zero-order valence-electron chi connectivity index (χ0n) is 12.5. The van der Waals surface area contributed by atoms with Crippen LogP contribution in [0.5, 0.6) is 0 Å². The van der Waals surface area contributed by atoms with Crippen molar-refractivity contribution in [3.8, 4) is 0 Å². The van der Waals surface area contributed by atoms with E-state index in [1.807, 2.05) is 48.5 Å². The van der Waals surface area contributed by atoms with Crippen LogP contribution in [0.4, 0.5) is 5.69 Å². The first-order chi connectivity index (χ1) is 11.1. The van der Waals surface area contributed by atoms with E-state index in [4.69, 9.17) is 0 Å². The zero-order chi connectivity index (χ0) is 16.4. The summed E-state index contributed by atoms with van der Waals surface area (Å²) in [5, 5.41) is 1.28. The van der Waals surface area contributed by atoms with Gasteiger partial charge in [-0.2, -0.15) is 0 Å². The molecule has 0 unspecified atom stereocenters. The second-order valence-corrected chi connectivity index (χ2v) is 6.13. The molecule has 0 bridgehead atoms. The van der Waals surface area contributed by atoms with Crippen LogP contribution in [-0.4, -0.2) is 11.8 Å². The summed E-state index contributed by atoms with van der Waals surface area (Å²) in [6.45, 7) is 2.07. The molecule has 1 heterocycles. The number of hydrogen-bond donors (Lipinski definition) is 1. The molecule has 5 heteroatoms. The number of halogens is 1. The van der Waals surface area contributed by atoms with Gasteiger partial charge < -0.3 is 0 Å². The Morgan fingerprint density at radius 3 is 2.52 bits per heavy atom. The minimum absolute atomic E-state index is 0.127. The molecule has 0 aromatic heterocycles. The molecule has 3 rings (SSSR count). The topological polar surface area (TPSA) is 49.4 Å². The Bertz CT molecular complexity index is 797. The summed E-state index contributed by atoms with van der Waals surface area (Å²) >= 11 is 3.38. The predicted molar refractivity (Wildman–Crippen MR) is 93.6 cm³/mol. The van der Waals surface area contributed by atoms with Crippen LogP contribution in [0.1, 0.15) is 18.1 Å². The smallest absolute Gasteiger partial charge is 0.267 e. The summed E-state index contributed by atoms with van der Waals surface area (Å²) in [7, 11) is 0. The van der Waals surface area contributed by atoms with Gasteiger partial charge in [-0.3, -0.25) is 15.0 Å². The fourth-order valence-electron chi connectivity index (χ4n) is 2.38. The lowest BCUT2D eigenvalue weighted by atomic mass is 10.1. The first-order valence-corrected chi connectivity index (χ1v) is 8.09. The quantitative estimate of drug-likeness (QED) is 0.664. The third kappa shape index (κ3) is 3.19. The first-order valence-electron chi connectivity index (χ1n) is 7.30.